The predicted molar refractivity (Wildman–Crippen MR) is 95.3 cm³/mol. The zero-order chi connectivity index (χ0) is 18.7. The van der Waals surface area contributed by atoms with Gasteiger partial charge in [0.05, 0.1) is 17.9 Å². The Morgan fingerprint density at radius 3 is 2.46 bits per heavy atom. The molecule has 7 nitrogen and oxygen atoms in total. The summed E-state index contributed by atoms with van der Waals surface area (Å²) in [6, 6.07) is 9.41. The number of rotatable bonds is 5. The number of benzene rings is 1. The van der Waals surface area contributed by atoms with Crippen molar-refractivity contribution in [1.29, 1.82) is 0 Å². The molecule has 1 aromatic heterocycles. The molecule has 0 bridgehead atoms. The third-order valence-corrected chi connectivity index (χ3v) is 4.80. The van der Waals surface area contributed by atoms with E-state index in [9.17, 15) is 9.59 Å². The van der Waals surface area contributed by atoms with Crippen LogP contribution in [0, 0.1) is 6.92 Å². The number of aromatic carboxylic acids is 1. The number of nitrogens with zero attached hydrogens (tertiary/aromatic N) is 3. The normalized spacial score (nSPS) is 16.3. The highest BCUT2D eigenvalue weighted by Crippen LogP contribution is 2.25. The number of amides is 1. The lowest BCUT2D eigenvalue weighted by Gasteiger charge is -2.34. The predicted octanol–water partition coefficient (Wildman–Crippen LogP) is 2.52. The maximum absolute atomic E-state index is 12.6. The highest BCUT2D eigenvalue weighted by Gasteiger charge is 2.29. The monoisotopic (exact) mass is 357 g/mol. The van der Waals surface area contributed by atoms with Gasteiger partial charge in [0.25, 0.3) is 5.91 Å². The highest BCUT2D eigenvalue weighted by molar-refractivity contribution is 5.88. The van der Waals surface area contributed by atoms with Gasteiger partial charge in [0.2, 0.25) is 0 Å². The average molecular weight is 357 g/mol. The van der Waals surface area contributed by atoms with Gasteiger partial charge < -0.3 is 14.7 Å². The molecule has 1 unspecified atom stereocenters. The lowest BCUT2D eigenvalue weighted by molar-refractivity contribution is -0.139. The van der Waals surface area contributed by atoms with Crippen molar-refractivity contribution in [2.75, 3.05) is 13.1 Å². The summed E-state index contributed by atoms with van der Waals surface area (Å²) < 4.78 is 7.49. The fourth-order valence-electron chi connectivity index (χ4n) is 3.34. The van der Waals surface area contributed by atoms with Gasteiger partial charge >= 0.3 is 5.97 Å². The Morgan fingerprint density at radius 1 is 1.23 bits per heavy atom. The van der Waals surface area contributed by atoms with Crippen molar-refractivity contribution in [3.63, 3.8) is 0 Å². The zero-order valence-corrected chi connectivity index (χ0v) is 15.0. The van der Waals surface area contributed by atoms with Gasteiger partial charge in [-0.05, 0) is 38.8 Å². The lowest BCUT2D eigenvalue weighted by atomic mass is 10.0. The molecule has 0 spiro atoms. The van der Waals surface area contributed by atoms with E-state index in [4.69, 9.17) is 9.84 Å². The summed E-state index contributed by atoms with van der Waals surface area (Å²) in [6.45, 7) is 4.74. The van der Waals surface area contributed by atoms with Crippen LogP contribution < -0.4 is 4.74 Å². The molecule has 0 radical (unpaired) electrons. The molecular weight excluding hydrogens is 334 g/mol. The van der Waals surface area contributed by atoms with Crippen molar-refractivity contribution in [2.24, 2.45) is 0 Å². The Labute approximate surface area is 152 Å². The number of hydrogen-bond donors (Lipinski definition) is 1. The summed E-state index contributed by atoms with van der Waals surface area (Å²) in [5, 5.41) is 13.4. The number of carbonyl (C=O) groups excluding carboxylic acids is 1. The quantitative estimate of drug-likeness (QED) is 0.889. The molecule has 26 heavy (non-hydrogen) atoms. The second-order valence-electron chi connectivity index (χ2n) is 6.52. The number of carbonyl (C=O) groups is 2. The minimum absolute atomic E-state index is 0.0317. The van der Waals surface area contributed by atoms with Gasteiger partial charge in [-0.1, -0.05) is 18.2 Å². The van der Waals surface area contributed by atoms with Crippen molar-refractivity contribution in [1.82, 2.24) is 14.7 Å². The number of ether oxygens (including phenoxy) is 1. The maximum atomic E-state index is 12.6. The molecule has 2 aromatic rings. The summed E-state index contributed by atoms with van der Waals surface area (Å²) in [5.74, 6) is -0.319. The van der Waals surface area contributed by atoms with E-state index in [2.05, 4.69) is 5.10 Å². The molecule has 1 saturated heterocycles. The van der Waals surface area contributed by atoms with Gasteiger partial charge in [0.1, 0.15) is 11.3 Å². The van der Waals surface area contributed by atoms with E-state index < -0.39 is 12.1 Å². The van der Waals surface area contributed by atoms with Gasteiger partial charge in [-0.3, -0.25) is 9.48 Å². The topological polar surface area (TPSA) is 84.7 Å². The second kappa shape index (κ2) is 7.59. The van der Waals surface area contributed by atoms with Crippen LogP contribution in [0.3, 0.4) is 0 Å². The minimum atomic E-state index is -0.965. The standard InChI is InChI=1S/C19H23N3O4/c1-13-17(19(24)25)12-20-22(13)15-8-10-21(11-9-15)18(23)14(2)26-16-6-4-3-5-7-16/h3-7,12,14-15H,8-11H2,1-2H3,(H,24,25). The molecular formula is C19H23N3O4. The fourth-order valence-corrected chi connectivity index (χ4v) is 3.34. The van der Waals surface area contributed by atoms with Crippen molar-refractivity contribution in [2.45, 2.75) is 38.8 Å². The third kappa shape index (κ3) is 3.71. The molecule has 0 saturated carbocycles. The number of piperidine rings is 1. The van der Waals surface area contributed by atoms with E-state index in [1.54, 1.807) is 23.4 Å². The summed E-state index contributed by atoms with van der Waals surface area (Å²) in [6.07, 6.45) is 2.33. The summed E-state index contributed by atoms with van der Waals surface area (Å²) in [4.78, 5) is 25.6. The molecule has 1 N–H and O–H groups in total. The molecule has 1 atom stereocenters. The Balaban J connectivity index is 1.58. The van der Waals surface area contributed by atoms with E-state index >= 15 is 0 Å². The van der Waals surface area contributed by atoms with Crippen LogP contribution in [0.5, 0.6) is 5.75 Å². The molecule has 0 aliphatic carbocycles. The van der Waals surface area contributed by atoms with Crippen molar-refractivity contribution in [3.05, 3.63) is 47.8 Å². The van der Waals surface area contributed by atoms with E-state index in [-0.39, 0.29) is 17.5 Å². The van der Waals surface area contributed by atoms with Gasteiger partial charge in [0.15, 0.2) is 6.10 Å². The first-order chi connectivity index (χ1) is 12.5. The molecule has 2 heterocycles. The van der Waals surface area contributed by atoms with Crippen LogP contribution in [0.4, 0.5) is 0 Å². The van der Waals surface area contributed by atoms with Crippen LogP contribution >= 0.6 is 0 Å². The molecule has 1 amide bonds. The smallest absolute Gasteiger partial charge is 0.339 e. The second-order valence-corrected chi connectivity index (χ2v) is 6.52. The first kappa shape index (κ1) is 18.0. The van der Waals surface area contributed by atoms with Crippen molar-refractivity contribution in [3.8, 4) is 5.75 Å². The number of carboxylic acid groups (broad SMARTS) is 1. The number of carboxylic acids is 1. The number of likely N-dealkylation sites (tertiary alicyclic amines) is 1. The summed E-state index contributed by atoms with van der Waals surface area (Å²) in [5.41, 5.74) is 0.886. The van der Waals surface area contributed by atoms with Gasteiger partial charge in [-0.15, -0.1) is 0 Å². The van der Waals surface area contributed by atoms with Crippen LogP contribution in [0.15, 0.2) is 36.5 Å². The van der Waals surface area contributed by atoms with E-state index in [1.165, 1.54) is 6.20 Å². The Bertz CT molecular complexity index is 779. The van der Waals surface area contributed by atoms with Gasteiger partial charge in [-0.2, -0.15) is 5.10 Å². The molecule has 1 aliphatic heterocycles. The van der Waals surface area contributed by atoms with Crippen LogP contribution in [0.2, 0.25) is 0 Å². The molecule has 1 aromatic carbocycles. The molecule has 7 heteroatoms. The number of hydrogen-bond acceptors (Lipinski definition) is 4. The van der Waals surface area contributed by atoms with E-state index in [0.29, 0.717) is 24.5 Å². The lowest BCUT2D eigenvalue weighted by Crippen LogP contribution is -2.45. The van der Waals surface area contributed by atoms with Crippen LogP contribution in [-0.4, -0.2) is 50.9 Å². The van der Waals surface area contributed by atoms with Gasteiger partial charge in [0, 0.05) is 13.1 Å². The summed E-state index contributed by atoms with van der Waals surface area (Å²) >= 11 is 0. The molecule has 3 rings (SSSR count). The first-order valence-corrected chi connectivity index (χ1v) is 8.75. The van der Waals surface area contributed by atoms with Crippen molar-refractivity contribution < 1.29 is 19.4 Å². The van der Waals surface area contributed by atoms with Crippen LogP contribution in [0.1, 0.15) is 41.9 Å². The minimum Gasteiger partial charge on any atom is -0.481 e. The van der Waals surface area contributed by atoms with Crippen LogP contribution in [-0.2, 0) is 4.79 Å². The summed E-state index contributed by atoms with van der Waals surface area (Å²) in [7, 11) is 0. The van der Waals surface area contributed by atoms with Crippen LogP contribution in [0.25, 0.3) is 0 Å². The highest BCUT2D eigenvalue weighted by atomic mass is 16.5. The van der Waals surface area contributed by atoms with E-state index in [0.717, 1.165) is 12.8 Å². The zero-order valence-electron chi connectivity index (χ0n) is 15.0. The SMILES string of the molecule is Cc1c(C(=O)O)cnn1C1CCN(C(=O)C(C)Oc2ccccc2)CC1. The van der Waals surface area contributed by atoms with Gasteiger partial charge in [-0.25, -0.2) is 4.79 Å². The number of aromatic nitrogens is 2. The third-order valence-electron chi connectivity index (χ3n) is 4.80. The molecule has 1 aliphatic rings. The van der Waals surface area contributed by atoms with E-state index in [1.807, 2.05) is 30.3 Å². The number of para-hydroxylation sites is 1. The Morgan fingerprint density at radius 2 is 1.88 bits per heavy atom. The average Bonchev–Trinajstić information content (AvgIpc) is 3.04. The fraction of sp³-hybridized carbons (Fsp3) is 0.421. The Kier molecular flexibility index (Phi) is 5.25. The Hall–Kier alpha value is -2.83. The largest absolute Gasteiger partial charge is 0.481 e. The van der Waals surface area contributed by atoms with Crippen molar-refractivity contribution >= 4 is 11.9 Å². The first-order valence-electron chi connectivity index (χ1n) is 8.75. The molecule has 1 fully saturated rings. The maximum Gasteiger partial charge on any atom is 0.339 e. The molecule has 138 valence electrons.